The third kappa shape index (κ3) is 3.08. The fourth-order valence-corrected chi connectivity index (χ4v) is 3.97. The summed E-state index contributed by atoms with van der Waals surface area (Å²) in [4.78, 5) is 4.15. The fourth-order valence-electron chi connectivity index (χ4n) is 3.78. The van der Waals surface area contributed by atoms with Gasteiger partial charge in [-0.3, -0.25) is 10.1 Å². The van der Waals surface area contributed by atoms with Crippen LogP contribution in [0.4, 0.5) is 0 Å². The molecule has 3 aromatic rings. The zero-order chi connectivity index (χ0) is 17.3. The number of H-pyrrole nitrogens is 1. The third-order valence-corrected chi connectivity index (χ3v) is 5.31. The molecule has 1 fully saturated rings. The van der Waals surface area contributed by atoms with Crippen molar-refractivity contribution in [2.75, 3.05) is 0 Å². The second-order valence-corrected chi connectivity index (χ2v) is 7.22. The van der Waals surface area contributed by atoms with Crippen LogP contribution in [0.15, 0.2) is 48.8 Å². The van der Waals surface area contributed by atoms with Gasteiger partial charge in [0, 0.05) is 28.5 Å². The van der Waals surface area contributed by atoms with Crippen molar-refractivity contribution < 1.29 is 0 Å². The van der Waals surface area contributed by atoms with Crippen LogP contribution >= 0.6 is 11.6 Å². The first-order valence-electron chi connectivity index (χ1n) is 8.71. The van der Waals surface area contributed by atoms with Crippen molar-refractivity contribution in [2.45, 2.75) is 37.6 Å². The van der Waals surface area contributed by atoms with E-state index in [1.807, 2.05) is 36.4 Å². The highest BCUT2D eigenvalue weighted by atomic mass is 35.5. The first-order chi connectivity index (χ1) is 12.2. The maximum absolute atomic E-state index is 6.83. The van der Waals surface area contributed by atoms with Crippen LogP contribution in [0.1, 0.15) is 37.8 Å². The second-order valence-electron chi connectivity index (χ2n) is 6.79. The summed E-state index contributed by atoms with van der Waals surface area (Å²) in [6.07, 6.45) is 9.11. The number of pyridine rings is 1. The van der Waals surface area contributed by atoms with E-state index in [-0.39, 0.29) is 5.54 Å². The van der Waals surface area contributed by atoms with Crippen LogP contribution < -0.4 is 5.73 Å². The van der Waals surface area contributed by atoms with Crippen molar-refractivity contribution in [1.82, 2.24) is 15.2 Å². The van der Waals surface area contributed by atoms with E-state index in [0.717, 1.165) is 53.8 Å². The quantitative estimate of drug-likeness (QED) is 0.703. The Morgan fingerprint density at radius 3 is 2.48 bits per heavy atom. The predicted molar refractivity (Wildman–Crippen MR) is 101 cm³/mol. The molecule has 1 saturated carbocycles. The number of nitrogens with zero attached hydrogens (tertiary/aromatic N) is 2. The lowest BCUT2D eigenvalue weighted by molar-refractivity contribution is 0.295. The summed E-state index contributed by atoms with van der Waals surface area (Å²) < 4.78 is 0. The Morgan fingerprint density at radius 1 is 1.00 bits per heavy atom. The van der Waals surface area contributed by atoms with E-state index < -0.39 is 0 Å². The van der Waals surface area contributed by atoms with Gasteiger partial charge in [-0.15, -0.1) is 0 Å². The Labute approximate surface area is 152 Å². The molecule has 128 valence electrons. The molecular formula is C20H21ClN4. The van der Waals surface area contributed by atoms with Crippen LogP contribution in [-0.2, 0) is 5.54 Å². The van der Waals surface area contributed by atoms with Crippen LogP contribution in [0.2, 0.25) is 5.02 Å². The lowest BCUT2D eigenvalue weighted by atomic mass is 9.77. The van der Waals surface area contributed by atoms with Crippen molar-refractivity contribution in [3.8, 4) is 22.4 Å². The molecule has 0 atom stereocenters. The number of aromatic nitrogens is 3. The summed E-state index contributed by atoms with van der Waals surface area (Å²) in [6, 6.07) is 11.8. The molecule has 0 unspecified atom stereocenters. The summed E-state index contributed by atoms with van der Waals surface area (Å²) in [6.45, 7) is 0. The first kappa shape index (κ1) is 16.3. The molecular weight excluding hydrogens is 332 g/mol. The SMILES string of the molecule is NC1(c2[nH]nc(-c3cccc(Cl)c3)c2-c2ccncc2)CCCCC1. The largest absolute Gasteiger partial charge is 0.320 e. The van der Waals surface area contributed by atoms with Gasteiger partial charge in [-0.1, -0.05) is 43.0 Å². The molecule has 0 bridgehead atoms. The Kier molecular flexibility index (Phi) is 4.32. The first-order valence-corrected chi connectivity index (χ1v) is 9.09. The summed E-state index contributed by atoms with van der Waals surface area (Å²) in [7, 11) is 0. The van der Waals surface area contributed by atoms with Crippen LogP contribution in [0.25, 0.3) is 22.4 Å². The van der Waals surface area contributed by atoms with Crippen LogP contribution in [0.3, 0.4) is 0 Å². The number of nitrogens with one attached hydrogen (secondary N) is 1. The molecule has 25 heavy (non-hydrogen) atoms. The normalized spacial score (nSPS) is 16.7. The van der Waals surface area contributed by atoms with Gasteiger partial charge in [-0.2, -0.15) is 5.10 Å². The Hall–Kier alpha value is -2.17. The van der Waals surface area contributed by atoms with Crippen molar-refractivity contribution in [1.29, 1.82) is 0 Å². The number of benzene rings is 1. The topological polar surface area (TPSA) is 67.6 Å². The fraction of sp³-hybridized carbons (Fsp3) is 0.300. The molecule has 0 radical (unpaired) electrons. The molecule has 2 aromatic heterocycles. The monoisotopic (exact) mass is 352 g/mol. The summed E-state index contributed by atoms with van der Waals surface area (Å²) in [5, 5.41) is 8.60. The molecule has 3 N–H and O–H groups in total. The molecule has 4 rings (SSSR count). The second kappa shape index (κ2) is 6.62. The standard InChI is InChI=1S/C20H21ClN4/c21-16-6-4-5-15(13-16)18-17(14-7-11-23-12-8-14)19(25-24-18)20(22)9-2-1-3-10-20/h4-8,11-13H,1-3,9-10,22H2,(H,24,25). The number of rotatable bonds is 3. The number of nitrogens with two attached hydrogens (primary N) is 1. The highest BCUT2D eigenvalue weighted by Crippen LogP contribution is 2.42. The highest BCUT2D eigenvalue weighted by molar-refractivity contribution is 6.30. The van der Waals surface area contributed by atoms with Gasteiger partial charge in [0.05, 0.1) is 11.2 Å². The lowest BCUT2D eigenvalue weighted by Gasteiger charge is -2.33. The van der Waals surface area contributed by atoms with E-state index in [4.69, 9.17) is 17.3 Å². The van der Waals surface area contributed by atoms with Gasteiger partial charge >= 0.3 is 0 Å². The van der Waals surface area contributed by atoms with Crippen molar-refractivity contribution >= 4 is 11.6 Å². The molecule has 4 nitrogen and oxygen atoms in total. The van der Waals surface area contributed by atoms with E-state index in [1.165, 1.54) is 6.42 Å². The minimum Gasteiger partial charge on any atom is -0.320 e. The minimum absolute atomic E-state index is 0.360. The number of hydrogen-bond donors (Lipinski definition) is 2. The molecule has 0 saturated heterocycles. The predicted octanol–water partition coefficient (Wildman–Crippen LogP) is 4.91. The highest BCUT2D eigenvalue weighted by Gasteiger charge is 2.35. The maximum atomic E-state index is 6.83. The maximum Gasteiger partial charge on any atom is 0.100 e. The molecule has 0 amide bonds. The summed E-state index contributed by atoms with van der Waals surface area (Å²) in [5.41, 5.74) is 11.5. The van der Waals surface area contributed by atoms with Crippen molar-refractivity contribution in [3.63, 3.8) is 0 Å². The average molecular weight is 353 g/mol. The van der Waals surface area contributed by atoms with Crippen molar-refractivity contribution in [2.24, 2.45) is 5.73 Å². The van der Waals surface area contributed by atoms with E-state index in [9.17, 15) is 0 Å². The Morgan fingerprint density at radius 2 is 1.76 bits per heavy atom. The van der Waals surface area contributed by atoms with Gasteiger partial charge in [0.2, 0.25) is 0 Å². The van der Waals surface area contributed by atoms with Crippen molar-refractivity contribution in [3.05, 3.63) is 59.5 Å². The van der Waals surface area contributed by atoms with Gasteiger partial charge in [0.15, 0.2) is 0 Å². The molecule has 1 aromatic carbocycles. The van der Waals surface area contributed by atoms with Crippen LogP contribution in [-0.4, -0.2) is 15.2 Å². The summed E-state index contributed by atoms with van der Waals surface area (Å²) >= 11 is 6.20. The number of aromatic amines is 1. The Bertz CT molecular complexity index is 866. The Balaban J connectivity index is 1.91. The molecule has 2 heterocycles. The smallest absolute Gasteiger partial charge is 0.100 e. The zero-order valence-corrected chi connectivity index (χ0v) is 14.8. The lowest BCUT2D eigenvalue weighted by Crippen LogP contribution is -2.39. The van der Waals surface area contributed by atoms with Gasteiger partial charge in [-0.05, 0) is 42.7 Å². The molecule has 0 aliphatic heterocycles. The van der Waals surface area contributed by atoms with Crippen LogP contribution in [0, 0.1) is 0 Å². The zero-order valence-electron chi connectivity index (χ0n) is 14.0. The number of halogens is 1. The minimum atomic E-state index is -0.360. The van der Waals surface area contributed by atoms with Gasteiger partial charge in [-0.25, -0.2) is 0 Å². The molecule has 0 spiro atoms. The third-order valence-electron chi connectivity index (χ3n) is 5.08. The van der Waals surface area contributed by atoms with E-state index >= 15 is 0 Å². The number of hydrogen-bond acceptors (Lipinski definition) is 3. The average Bonchev–Trinajstić information content (AvgIpc) is 3.09. The van der Waals surface area contributed by atoms with Gasteiger partial charge in [0.1, 0.15) is 5.69 Å². The summed E-state index contributed by atoms with van der Waals surface area (Å²) in [5.74, 6) is 0. The molecule has 1 aliphatic rings. The van der Waals surface area contributed by atoms with Gasteiger partial charge in [0.25, 0.3) is 0 Å². The van der Waals surface area contributed by atoms with Gasteiger partial charge < -0.3 is 5.73 Å². The molecule has 1 aliphatic carbocycles. The van der Waals surface area contributed by atoms with E-state index in [2.05, 4.69) is 15.2 Å². The van der Waals surface area contributed by atoms with E-state index in [0.29, 0.717) is 5.02 Å². The van der Waals surface area contributed by atoms with E-state index in [1.54, 1.807) is 12.4 Å². The van der Waals surface area contributed by atoms with Crippen LogP contribution in [0.5, 0.6) is 0 Å². The molecule has 5 heteroatoms.